The number of hydrogen-bond acceptors (Lipinski definition) is 5. The van der Waals surface area contributed by atoms with E-state index in [0.717, 1.165) is 35.2 Å². The van der Waals surface area contributed by atoms with Crippen molar-refractivity contribution in [1.29, 1.82) is 0 Å². The molecule has 0 saturated heterocycles. The Kier molecular flexibility index (Phi) is 6.58. The zero-order chi connectivity index (χ0) is 21.1. The number of H-pyrrole nitrogens is 1. The molecule has 0 unspecified atom stereocenters. The Bertz CT molecular complexity index is 1120. The molecule has 0 bridgehead atoms. The predicted octanol–water partition coefficient (Wildman–Crippen LogP) is 5.25. The summed E-state index contributed by atoms with van der Waals surface area (Å²) in [7, 11) is 0. The lowest BCUT2D eigenvalue weighted by Crippen LogP contribution is -2.14. The van der Waals surface area contributed by atoms with Gasteiger partial charge in [-0.05, 0) is 54.9 Å². The summed E-state index contributed by atoms with van der Waals surface area (Å²) in [5.41, 5.74) is 3.25. The first-order valence-corrected chi connectivity index (χ1v) is 12.5. The molecule has 30 heavy (non-hydrogen) atoms. The third-order valence-corrected chi connectivity index (χ3v) is 7.58. The molecular formula is C23H27N3O2S2. The molecule has 158 valence electrons. The standard InChI is InChI=1S/C23H27N3O2S2/c1-14(2)15-6-5-7-16(12-15)24-20(27)10-11-29-13-19-25-22(28)21-17-8-3-4-9-18(17)30-23(21)26-19/h5-7,12,14H,3-4,8-11,13H2,1-2H3,(H,24,27)(H,25,26,28). The molecule has 1 aromatic carbocycles. The van der Waals surface area contributed by atoms with Crippen LogP contribution in [0.3, 0.4) is 0 Å². The van der Waals surface area contributed by atoms with E-state index in [4.69, 9.17) is 4.98 Å². The number of rotatable bonds is 7. The highest BCUT2D eigenvalue weighted by Crippen LogP contribution is 2.33. The van der Waals surface area contributed by atoms with Crippen molar-refractivity contribution < 1.29 is 4.79 Å². The van der Waals surface area contributed by atoms with Gasteiger partial charge in [0.1, 0.15) is 10.7 Å². The third-order valence-electron chi connectivity index (χ3n) is 5.42. The number of carbonyl (C=O) groups excluding carboxylic acids is 1. The smallest absolute Gasteiger partial charge is 0.259 e. The number of carbonyl (C=O) groups is 1. The number of aryl methyl sites for hydroxylation is 2. The van der Waals surface area contributed by atoms with Gasteiger partial charge in [-0.15, -0.1) is 11.3 Å². The summed E-state index contributed by atoms with van der Waals surface area (Å²) in [5.74, 6) is 2.41. The van der Waals surface area contributed by atoms with E-state index in [1.165, 1.54) is 22.4 Å². The summed E-state index contributed by atoms with van der Waals surface area (Å²) in [5, 5.41) is 3.77. The van der Waals surface area contributed by atoms with Gasteiger partial charge in [0.15, 0.2) is 0 Å². The molecule has 1 amide bonds. The number of amides is 1. The van der Waals surface area contributed by atoms with Crippen LogP contribution in [-0.2, 0) is 23.4 Å². The molecule has 3 aromatic rings. The van der Waals surface area contributed by atoms with Crippen LogP contribution in [0, 0.1) is 0 Å². The number of fused-ring (bicyclic) bond motifs is 3. The van der Waals surface area contributed by atoms with Gasteiger partial charge in [0.2, 0.25) is 5.91 Å². The van der Waals surface area contributed by atoms with Crippen LogP contribution in [0.25, 0.3) is 10.2 Å². The fourth-order valence-corrected chi connectivity index (χ4v) is 5.89. The molecule has 4 rings (SSSR count). The van der Waals surface area contributed by atoms with Gasteiger partial charge >= 0.3 is 0 Å². The summed E-state index contributed by atoms with van der Waals surface area (Å²) in [6.07, 6.45) is 4.83. The number of thiophene rings is 1. The highest BCUT2D eigenvalue weighted by molar-refractivity contribution is 7.98. The topological polar surface area (TPSA) is 74.8 Å². The van der Waals surface area contributed by atoms with E-state index in [2.05, 4.69) is 30.2 Å². The maximum absolute atomic E-state index is 12.6. The summed E-state index contributed by atoms with van der Waals surface area (Å²) in [6, 6.07) is 7.99. The van der Waals surface area contributed by atoms with Gasteiger partial charge in [-0.25, -0.2) is 4.98 Å². The molecule has 5 nitrogen and oxygen atoms in total. The summed E-state index contributed by atoms with van der Waals surface area (Å²) in [6.45, 7) is 4.28. The molecule has 2 N–H and O–H groups in total. The fraction of sp³-hybridized carbons (Fsp3) is 0.435. The average molecular weight is 442 g/mol. The molecular weight excluding hydrogens is 414 g/mol. The second kappa shape index (κ2) is 9.35. The number of nitrogens with one attached hydrogen (secondary N) is 2. The molecule has 2 aromatic heterocycles. The van der Waals surface area contributed by atoms with E-state index in [1.807, 2.05) is 18.2 Å². The number of aromatic nitrogens is 2. The number of aromatic amines is 1. The van der Waals surface area contributed by atoms with E-state index < -0.39 is 0 Å². The monoisotopic (exact) mass is 441 g/mol. The van der Waals surface area contributed by atoms with Crippen molar-refractivity contribution in [2.24, 2.45) is 0 Å². The Morgan fingerprint density at radius 3 is 2.97 bits per heavy atom. The summed E-state index contributed by atoms with van der Waals surface area (Å²) in [4.78, 5) is 34.7. The van der Waals surface area contributed by atoms with E-state index in [9.17, 15) is 9.59 Å². The van der Waals surface area contributed by atoms with Crippen LogP contribution in [0.2, 0.25) is 0 Å². The first-order valence-electron chi connectivity index (χ1n) is 10.5. The van der Waals surface area contributed by atoms with Crippen LogP contribution < -0.4 is 10.9 Å². The third kappa shape index (κ3) is 4.78. The first kappa shape index (κ1) is 21.1. The number of nitrogens with zero attached hydrogens (tertiary/aromatic N) is 1. The SMILES string of the molecule is CC(C)c1cccc(NC(=O)CCSCc2nc3sc4c(c3c(=O)[nH]2)CCCC4)c1. The Morgan fingerprint density at radius 1 is 1.30 bits per heavy atom. The lowest BCUT2D eigenvalue weighted by molar-refractivity contribution is -0.115. The van der Waals surface area contributed by atoms with E-state index in [0.29, 0.717) is 29.7 Å². The molecule has 0 spiro atoms. The van der Waals surface area contributed by atoms with Crippen molar-refractivity contribution >= 4 is 44.9 Å². The quantitative estimate of drug-likeness (QED) is 0.491. The zero-order valence-corrected chi connectivity index (χ0v) is 19.0. The van der Waals surface area contributed by atoms with E-state index in [1.54, 1.807) is 23.1 Å². The Balaban J connectivity index is 1.31. The maximum atomic E-state index is 12.6. The van der Waals surface area contributed by atoms with Crippen molar-refractivity contribution in [3.05, 3.63) is 56.4 Å². The molecule has 0 radical (unpaired) electrons. The Morgan fingerprint density at radius 2 is 2.13 bits per heavy atom. The van der Waals surface area contributed by atoms with Crippen LogP contribution in [0.4, 0.5) is 5.69 Å². The van der Waals surface area contributed by atoms with E-state index in [-0.39, 0.29) is 11.5 Å². The fourth-order valence-electron chi connectivity index (χ4n) is 3.81. The van der Waals surface area contributed by atoms with Crippen LogP contribution in [0.5, 0.6) is 0 Å². The van der Waals surface area contributed by atoms with Gasteiger partial charge in [-0.1, -0.05) is 26.0 Å². The number of anilines is 1. The largest absolute Gasteiger partial charge is 0.326 e. The van der Waals surface area contributed by atoms with Crippen LogP contribution in [0.15, 0.2) is 29.1 Å². The van der Waals surface area contributed by atoms with E-state index >= 15 is 0 Å². The van der Waals surface area contributed by atoms with Gasteiger partial charge in [0.25, 0.3) is 5.56 Å². The predicted molar refractivity (Wildman–Crippen MR) is 127 cm³/mol. The molecule has 2 heterocycles. The van der Waals surface area contributed by atoms with Crippen molar-refractivity contribution in [3.63, 3.8) is 0 Å². The lowest BCUT2D eigenvalue weighted by atomic mass is 9.97. The van der Waals surface area contributed by atoms with Crippen LogP contribution in [0.1, 0.15) is 60.9 Å². The highest BCUT2D eigenvalue weighted by atomic mass is 32.2. The number of benzene rings is 1. The van der Waals surface area contributed by atoms with Crippen molar-refractivity contribution in [1.82, 2.24) is 9.97 Å². The minimum absolute atomic E-state index is 0.00578. The van der Waals surface area contributed by atoms with Gasteiger partial charge in [-0.3, -0.25) is 9.59 Å². The second-order valence-electron chi connectivity index (χ2n) is 8.03. The molecule has 1 aliphatic rings. The summed E-state index contributed by atoms with van der Waals surface area (Å²) < 4.78 is 0. The van der Waals surface area contributed by atoms with Crippen molar-refractivity contribution in [3.8, 4) is 0 Å². The van der Waals surface area contributed by atoms with Crippen LogP contribution >= 0.6 is 23.1 Å². The lowest BCUT2D eigenvalue weighted by Gasteiger charge is -2.10. The average Bonchev–Trinajstić information content (AvgIpc) is 3.10. The van der Waals surface area contributed by atoms with Crippen molar-refractivity contribution in [2.75, 3.05) is 11.1 Å². The molecule has 7 heteroatoms. The highest BCUT2D eigenvalue weighted by Gasteiger charge is 2.19. The molecule has 0 aliphatic heterocycles. The first-order chi connectivity index (χ1) is 14.5. The molecule has 1 aliphatic carbocycles. The minimum Gasteiger partial charge on any atom is -0.326 e. The van der Waals surface area contributed by atoms with Crippen LogP contribution in [-0.4, -0.2) is 21.6 Å². The zero-order valence-electron chi connectivity index (χ0n) is 17.4. The number of hydrogen-bond donors (Lipinski definition) is 2. The second-order valence-corrected chi connectivity index (χ2v) is 10.2. The summed E-state index contributed by atoms with van der Waals surface area (Å²) >= 11 is 3.29. The number of thioether (sulfide) groups is 1. The van der Waals surface area contributed by atoms with Gasteiger partial charge in [-0.2, -0.15) is 11.8 Å². The normalized spacial score (nSPS) is 13.6. The molecule has 0 atom stereocenters. The Hall–Kier alpha value is -2.12. The molecule has 0 fully saturated rings. The van der Waals surface area contributed by atoms with Gasteiger partial charge < -0.3 is 10.3 Å². The maximum Gasteiger partial charge on any atom is 0.259 e. The van der Waals surface area contributed by atoms with Crippen molar-refractivity contribution in [2.45, 2.75) is 57.6 Å². The minimum atomic E-state index is -0.0159. The van der Waals surface area contributed by atoms with Gasteiger partial charge in [0.05, 0.1) is 11.1 Å². The van der Waals surface area contributed by atoms with Gasteiger partial charge in [0, 0.05) is 22.7 Å². The Labute approximate surface area is 184 Å². The molecule has 0 saturated carbocycles.